The molecule has 2 nitrogen and oxygen atoms in total. The Morgan fingerprint density at radius 3 is 2.42 bits per heavy atom. The largest absolute Gasteiger partial charge is 0.383 e. The predicted octanol–water partition coefficient (Wildman–Crippen LogP) is 2.48. The second-order valence-electron chi connectivity index (χ2n) is 2.95. The highest BCUT2D eigenvalue weighted by molar-refractivity contribution is 5.65. The second kappa shape index (κ2) is 2.97. The van der Waals surface area contributed by atoms with E-state index in [1.807, 2.05) is 20.8 Å². The normalized spacial score (nSPS) is 9.92. The highest BCUT2D eigenvalue weighted by Gasteiger charge is 2.06. The number of hydrogen-bond donors (Lipinski definition) is 1. The molecule has 2 N–H and O–H groups in total. The van der Waals surface area contributed by atoms with Crippen molar-refractivity contribution >= 4 is 11.9 Å². The molecule has 0 saturated carbocycles. The van der Waals surface area contributed by atoms with Gasteiger partial charge in [-0.15, -0.1) is 0 Å². The highest BCUT2D eigenvalue weighted by atomic mass is 14.8. The van der Waals surface area contributed by atoms with Gasteiger partial charge in [-0.3, -0.25) is 0 Å². The second-order valence-corrected chi connectivity index (χ2v) is 2.95. The molecule has 0 radical (unpaired) electrons. The summed E-state index contributed by atoms with van der Waals surface area (Å²) >= 11 is 0. The Labute approximate surface area is 74.6 Å². The first-order valence-corrected chi connectivity index (χ1v) is 3.93. The molecular weight excluding hydrogens is 148 g/mol. The first-order chi connectivity index (χ1) is 5.57. The molecule has 1 rings (SSSR count). The highest BCUT2D eigenvalue weighted by Crippen LogP contribution is 2.21. The fraction of sp³-hybridized carbons (Fsp3) is 0.300. The SMILES string of the molecule is C=Cc1c(N)nc(C)c(C)c1C.[HH]. The van der Waals surface area contributed by atoms with E-state index in [0.717, 1.165) is 11.3 Å². The molecule has 0 aromatic carbocycles. The van der Waals surface area contributed by atoms with Gasteiger partial charge in [0, 0.05) is 12.7 Å². The molecule has 0 fully saturated rings. The summed E-state index contributed by atoms with van der Waals surface area (Å²) < 4.78 is 0. The Balaban J connectivity index is 0.00000144. The van der Waals surface area contributed by atoms with Crippen molar-refractivity contribution in [1.29, 1.82) is 0 Å². The topological polar surface area (TPSA) is 38.9 Å². The number of nitrogens with zero attached hydrogens (tertiary/aromatic N) is 1. The summed E-state index contributed by atoms with van der Waals surface area (Å²) in [6.07, 6.45) is 1.75. The third kappa shape index (κ3) is 1.20. The van der Waals surface area contributed by atoms with Gasteiger partial charge in [-0.2, -0.15) is 0 Å². The van der Waals surface area contributed by atoms with Crippen LogP contribution < -0.4 is 5.73 Å². The maximum Gasteiger partial charge on any atom is 0.131 e. The molecule has 1 heterocycles. The van der Waals surface area contributed by atoms with Crippen LogP contribution in [0.3, 0.4) is 0 Å². The van der Waals surface area contributed by atoms with E-state index in [-0.39, 0.29) is 1.43 Å². The number of nitrogen functional groups attached to an aromatic ring is 1. The first kappa shape index (κ1) is 8.78. The Bertz CT molecular complexity index is 332. The molecule has 0 bridgehead atoms. The number of aryl methyl sites for hydroxylation is 1. The number of aromatic nitrogens is 1. The minimum absolute atomic E-state index is 0. The molecule has 2 heteroatoms. The van der Waals surface area contributed by atoms with Crippen LogP contribution >= 0.6 is 0 Å². The van der Waals surface area contributed by atoms with Gasteiger partial charge >= 0.3 is 0 Å². The summed E-state index contributed by atoms with van der Waals surface area (Å²) in [4.78, 5) is 4.21. The lowest BCUT2D eigenvalue weighted by Crippen LogP contribution is -2.01. The van der Waals surface area contributed by atoms with Gasteiger partial charge in [0.15, 0.2) is 0 Å². The number of anilines is 1. The van der Waals surface area contributed by atoms with Crippen LogP contribution in [0.15, 0.2) is 6.58 Å². The molecule has 0 aliphatic rings. The van der Waals surface area contributed by atoms with E-state index in [1.165, 1.54) is 11.1 Å². The van der Waals surface area contributed by atoms with E-state index in [1.54, 1.807) is 6.08 Å². The van der Waals surface area contributed by atoms with E-state index >= 15 is 0 Å². The Morgan fingerprint density at radius 2 is 1.92 bits per heavy atom. The van der Waals surface area contributed by atoms with E-state index < -0.39 is 0 Å². The number of pyridine rings is 1. The zero-order chi connectivity index (χ0) is 9.30. The number of hydrogen-bond acceptors (Lipinski definition) is 2. The van der Waals surface area contributed by atoms with Crippen molar-refractivity contribution in [2.45, 2.75) is 20.8 Å². The summed E-state index contributed by atoms with van der Waals surface area (Å²) in [5.41, 5.74) is 10.0. The maximum absolute atomic E-state index is 5.72. The van der Waals surface area contributed by atoms with Crippen LogP contribution in [0, 0.1) is 20.8 Å². The number of nitrogens with two attached hydrogens (primary N) is 1. The van der Waals surface area contributed by atoms with Gasteiger partial charge in [0.05, 0.1) is 0 Å². The van der Waals surface area contributed by atoms with Gasteiger partial charge in [-0.25, -0.2) is 4.98 Å². The average Bonchev–Trinajstić information content (AvgIpc) is 2.01. The maximum atomic E-state index is 5.72. The van der Waals surface area contributed by atoms with Gasteiger partial charge in [0.2, 0.25) is 0 Å². The molecule has 0 unspecified atom stereocenters. The molecule has 1 aromatic heterocycles. The molecule has 12 heavy (non-hydrogen) atoms. The van der Waals surface area contributed by atoms with Crippen LogP contribution in [0.2, 0.25) is 0 Å². The van der Waals surface area contributed by atoms with Crippen molar-refractivity contribution in [2.75, 3.05) is 5.73 Å². The van der Waals surface area contributed by atoms with Crippen molar-refractivity contribution in [3.8, 4) is 0 Å². The van der Waals surface area contributed by atoms with Crippen LogP contribution in [-0.4, -0.2) is 4.98 Å². The lowest BCUT2D eigenvalue weighted by molar-refractivity contribution is 1.12. The average molecular weight is 164 g/mol. The van der Waals surface area contributed by atoms with Crippen LogP contribution in [0.4, 0.5) is 5.82 Å². The lowest BCUT2D eigenvalue weighted by atomic mass is 10.0. The fourth-order valence-electron chi connectivity index (χ4n) is 1.25. The third-order valence-electron chi connectivity index (χ3n) is 2.28. The Kier molecular flexibility index (Phi) is 2.18. The molecule has 0 atom stereocenters. The molecule has 0 saturated heterocycles. The van der Waals surface area contributed by atoms with Crippen LogP contribution in [0.5, 0.6) is 0 Å². The van der Waals surface area contributed by atoms with Crippen molar-refractivity contribution in [3.05, 3.63) is 29.0 Å². The van der Waals surface area contributed by atoms with Crippen molar-refractivity contribution in [3.63, 3.8) is 0 Å². The first-order valence-electron chi connectivity index (χ1n) is 3.93. The Hall–Kier alpha value is -1.31. The van der Waals surface area contributed by atoms with Crippen molar-refractivity contribution in [1.82, 2.24) is 4.98 Å². The monoisotopic (exact) mass is 164 g/mol. The quantitative estimate of drug-likeness (QED) is 0.692. The molecular formula is C10H16N2. The van der Waals surface area contributed by atoms with Gasteiger partial charge in [0.1, 0.15) is 5.82 Å². The molecule has 1 aromatic rings. The summed E-state index contributed by atoms with van der Waals surface area (Å²) in [5, 5.41) is 0. The molecule has 0 amide bonds. The van der Waals surface area contributed by atoms with Crippen LogP contribution in [0.1, 0.15) is 23.8 Å². The smallest absolute Gasteiger partial charge is 0.131 e. The van der Waals surface area contributed by atoms with Gasteiger partial charge < -0.3 is 5.73 Å². The number of rotatable bonds is 1. The lowest BCUT2D eigenvalue weighted by Gasteiger charge is -2.09. The summed E-state index contributed by atoms with van der Waals surface area (Å²) in [6, 6.07) is 0. The van der Waals surface area contributed by atoms with E-state index in [2.05, 4.69) is 11.6 Å². The standard InChI is InChI=1S/C10H14N2.H2/c1-5-9-7(3)6(2)8(4)12-10(9)11;/h5H,1H2,2-4H3,(H2,11,12);1H. The molecule has 0 aliphatic heterocycles. The van der Waals surface area contributed by atoms with E-state index in [4.69, 9.17) is 5.73 Å². The van der Waals surface area contributed by atoms with Crippen LogP contribution in [0.25, 0.3) is 6.08 Å². The van der Waals surface area contributed by atoms with Gasteiger partial charge in [-0.1, -0.05) is 12.7 Å². The molecule has 0 aliphatic carbocycles. The zero-order valence-corrected chi connectivity index (χ0v) is 7.81. The molecule has 66 valence electrons. The van der Waals surface area contributed by atoms with Crippen molar-refractivity contribution in [2.24, 2.45) is 0 Å². The van der Waals surface area contributed by atoms with Gasteiger partial charge in [0.25, 0.3) is 0 Å². The zero-order valence-electron chi connectivity index (χ0n) is 7.81. The van der Waals surface area contributed by atoms with E-state index in [0.29, 0.717) is 5.82 Å². The molecule has 0 spiro atoms. The third-order valence-corrected chi connectivity index (χ3v) is 2.28. The predicted molar refractivity (Wildman–Crippen MR) is 55.1 cm³/mol. The summed E-state index contributed by atoms with van der Waals surface area (Å²) in [5.74, 6) is 0.575. The summed E-state index contributed by atoms with van der Waals surface area (Å²) in [7, 11) is 0. The van der Waals surface area contributed by atoms with E-state index in [9.17, 15) is 0 Å². The Morgan fingerprint density at radius 1 is 1.33 bits per heavy atom. The summed E-state index contributed by atoms with van der Waals surface area (Å²) in [6.45, 7) is 9.75. The fourth-order valence-corrected chi connectivity index (χ4v) is 1.25. The van der Waals surface area contributed by atoms with Crippen molar-refractivity contribution < 1.29 is 1.43 Å². The minimum atomic E-state index is 0. The minimum Gasteiger partial charge on any atom is -0.383 e. The van der Waals surface area contributed by atoms with Crippen LogP contribution in [-0.2, 0) is 0 Å². The van der Waals surface area contributed by atoms with Gasteiger partial charge in [-0.05, 0) is 31.9 Å².